The molecule has 0 bridgehead atoms. The minimum absolute atomic E-state index is 0.576. The van der Waals surface area contributed by atoms with Crippen LogP contribution in [0.15, 0.2) is 48.5 Å². The van der Waals surface area contributed by atoms with Crippen LogP contribution in [0, 0.1) is 0 Å². The van der Waals surface area contributed by atoms with E-state index in [1.165, 1.54) is 16.5 Å². The fraction of sp³-hybridized carbons (Fsp3) is 0.176. The van der Waals surface area contributed by atoms with E-state index in [1.807, 2.05) is 7.05 Å². The van der Waals surface area contributed by atoms with Gasteiger partial charge >= 0.3 is 0 Å². The number of aromatic nitrogens is 1. The van der Waals surface area contributed by atoms with Gasteiger partial charge in [0.15, 0.2) is 0 Å². The summed E-state index contributed by atoms with van der Waals surface area (Å²) in [7, 11) is 1.97. The van der Waals surface area contributed by atoms with Gasteiger partial charge in [-0.05, 0) is 36.4 Å². The molecule has 3 nitrogen and oxygen atoms in total. The molecule has 0 aliphatic carbocycles. The van der Waals surface area contributed by atoms with Crippen molar-refractivity contribution in [1.29, 1.82) is 0 Å². The van der Waals surface area contributed by atoms with Gasteiger partial charge in [0.1, 0.15) is 0 Å². The molecule has 0 saturated heterocycles. The third-order valence-electron chi connectivity index (χ3n) is 3.60. The Kier molecular flexibility index (Phi) is 3.54. The molecule has 0 unspecified atom stereocenters. The van der Waals surface area contributed by atoms with Gasteiger partial charge in [0.05, 0.1) is 0 Å². The van der Waals surface area contributed by atoms with E-state index in [1.54, 1.807) is 0 Å². The lowest BCUT2D eigenvalue weighted by molar-refractivity contribution is 0.819. The van der Waals surface area contributed by atoms with Gasteiger partial charge in [0, 0.05) is 35.2 Å². The molecule has 3 heteroatoms. The van der Waals surface area contributed by atoms with Crippen LogP contribution in [0.3, 0.4) is 0 Å². The number of hydrogen-bond donors (Lipinski definition) is 3. The van der Waals surface area contributed by atoms with Gasteiger partial charge in [-0.15, -0.1) is 0 Å². The number of benzene rings is 2. The lowest BCUT2D eigenvalue weighted by atomic mass is 10.0. The fourth-order valence-corrected chi connectivity index (χ4v) is 2.58. The van der Waals surface area contributed by atoms with Crippen molar-refractivity contribution < 1.29 is 0 Å². The molecule has 0 aliphatic heterocycles. The first-order valence-corrected chi connectivity index (χ1v) is 6.86. The predicted octanol–water partition coefficient (Wildman–Crippen LogP) is 3.01. The van der Waals surface area contributed by atoms with Gasteiger partial charge < -0.3 is 16.0 Å². The molecule has 20 heavy (non-hydrogen) atoms. The zero-order chi connectivity index (χ0) is 13.9. The van der Waals surface area contributed by atoms with E-state index in [-0.39, 0.29) is 0 Å². The molecular formula is C17H19N3. The maximum absolute atomic E-state index is 5.70. The van der Waals surface area contributed by atoms with Crippen molar-refractivity contribution in [3.8, 4) is 11.3 Å². The molecule has 102 valence electrons. The highest BCUT2D eigenvalue weighted by atomic mass is 14.8. The van der Waals surface area contributed by atoms with E-state index in [4.69, 9.17) is 5.73 Å². The lowest BCUT2D eigenvalue weighted by Gasteiger charge is -2.06. The second-order valence-corrected chi connectivity index (χ2v) is 5.00. The summed E-state index contributed by atoms with van der Waals surface area (Å²) in [6, 6.07) is 17.0. The van der Waals surface area contributed by atoms with Crippen molar-refractivity contribution in [2.24, 2.45) is 5.73 Å². The van der Waals surface area contributed by atoms with Gasteiger partial charge in [-0.3, -0.25) is 0 Å². The largest absolute Gasteiger partial charge is 0.355 e. The molecule has 0 saturated carbocycles. The van der Waals surface area contributed by atoms with E-state index in [2.05, 4.69) is 58.8 Å². The summed E-state index contributed by atoms with van der Waals surface area (Å²) in [4.78, 5) is 3.49. The number of fused-ring (bicyclic) bond motifs is 1. The number of nitrogens with two attached hydrogens (primary N) is 1. The summed E-state index contributed by atoms with van der Waals surface area (Å²) in [5.74, 6) is 0. The molecule has 3 rings (SSSR count). The number of rotatable bonds is 4. The predicted molar refractivity (Wildman–Crippen MR) is 84.4 cm³/mol. The highest BCUT2D eigenvalue weighted by Gasteiger charge is 2.07. The minimum atomic E-state index is 0.576. The number of H-pyrrole nitrogens is 1. The Bertz CT molecular complexity index is 728. The highest BCUT2D eigenvalue weighted by molar-refractivity contribution is 5.87. The Morgan fingerprint density at radius 2 is 1.95 bits per heavy atom. The summed E-state index contributed by atoms with van der Waals surface area (Å²) in [6.07, 6.45) is 0. The van der Waals surface area contributed by atoms with Crippen molar-refractivity contribution in [2.75, 3.05) is 7.05 Å². The average molecular weight is 265 g/mol. The zero-order valence-corrected chi connectivity index (χ0v) is 11.6. The quantitative estimate of drug-likeness (QED) is 0.679. The molecule has 1 heterocycles. The standard InChI is InChI=1S/C17H19N3/c1-19-11-13-4-2-3-5-15(13)17-9-14-8-12(10-18)6-7-16(14)20-17/h2-9,19-20H,10-11,18H2,1H3. The van der Waals surface area contributed by atoms with Gasteiger partial charge in [-0.1, -0.05) is 30.3 Å². The Labute approximate surface area is 118 Å². The van der Waals surface area contributed by atoms with Crippen molar-refractivity contribution in [2.45, 2.75) is 13.1 Å². The molecule has 0 spiro atoms. The normalized spacial score (nSPS) is 11.1. The molecule has 0 aliphatic rings. The number of hydrogen-bond acceptors (Lipinski definition) is 2. The summed E-state index contributed by atoms with van der Waals surface area (Å²) in [5.41, 5.74) is 11.7. The monoisotopic (exact) mass is 265 g/mol. The van der Waals surface area contributed by atoms with Crippen LogP contribution in [0.4, 0.5) is 0 Å². The Morgan fingerprint density at radius 3 is 2.75 bits per heavy atom. The third kappa shape index (κ3) is 2.33. The maximum Gasteiger partial charge on any atom is 0.0468 e. The first-order valence-electron chi connectivity index (χ1n) is 6.86. The van der Waals surface area contributed by atoms with Crippen molar-refractivity contribution in [3.05, 3.63) is 59.7 Å². The van der Waals surface area contributed by atoms with Crippen LogP contribution in [0.1, 0.15) is 11.1 Å². The van der Waals surface area contributed by atoms with E-state index in [0.29, 0.717) is 6.54 Å². The van der Waals surface area contributed by atoms with Crippen LogP contribution in [0.2, 0.25) is 0 Å². The fourth-order valence-electron chi connectivity index (χ4n) is 2.58. The first-order chi connectivity index (χ1) is 9.81. The number of nitrogens with one attached hydrogen (secondary N) is 2. The highest BCUT2D eigenvalue weighted by Crippen LogP contribution is 2.27. The van der Waals surface area contributed by atoms with E-state index in [0.717, 1.165) is 23.3 Å². The molecule has 3 aromatic rings. The van der Waals surface area contributed by atoms with Gasteiger partial charge in [0.2, 0.25) is 0 Å². The average Bonchev–Trinajstić information content (AvgIpc) is 2.90. The van der Waals surface area contributed by atoms with Crippen LogP contribution < -0.4 is 11.1 Å². The second kappa shape index (κ2) is 5.49. The van der Waals surface area contributed by atoms with E-state index in [9.17, 15) is 0 Å². The van der Waals surface area contributed by atoms with Gasteiger partial charge in [-0.2, -0.15) is 0 Å². The second-order valence-electron chi connectivity index (χ2n) is 5.00. The van der Waals surface area contributed by atoms with Crippen LogP contribution in [-0.4, -0.2) is 12.0 Å². The topological polar surface area (TPSA) is 53.8 Å². The van der Waals surface area contributed by atoms with Crippen molar-refractivity contribution in [1.82, 2.24) is 10.3 Å². The van der Waals surface area contributed by atoms with Crippen molar-refractivity contribution >= 4 is 10.9 Å². The lowest BCUT2D eigenvalue weighted by Crippen LogP contribution is -2.06. The first kappa shape index (κ1) is 12.9. The zero-order valence-electron chi connectivity index (χ0n) is 11.6. The summed E-state index contributed by atoms with van der Waals surface area (Å²) < 4.78 is 0. The molecule has 0 radical (unpaired) electrons. The molecular weight excluding hydrogens is 246 g/mol. The Hall–Kier alpha value is -2.10. The van der Waals surface area contributed by atoms with Gasteiger partial charge in [0.25, 0.3) is 0 Å². The summed E-state index contributed by atoms with van der Waals surface area (Å²) in [6.45, 7) is 1.44. The van der Waals surface area contributed by atoms with Crippen LogP contribution in [-0.2, 0) is 13.1 Å². The number of aromatic amines is 1. The molecule has 4 N–H and O–H groups in total. The summed E-state index contributed by atoms with van der Waals surface area (Å²) >= 11 is 0. The van der Waals surface area contributed by atoms with E-state index < -0.39 is 0 Å². The van der Waals surface area contributed by atoms with Crippen LogP contribution in [0.25, 0.3) is 22.2 Å². The Balaban J connectivity index is 2.10. The molecule has 0 fully saturated rings. The van der Waals surface area contributed by atoms with Crippen LogP contribution >= 0.6 is 0 Å². The maximum atomic E-state index is 5.70. The molecule has 1 aromatic heterocycles. The van der Waals surface area contributed by atoms with Crippen molar-refractivity contribution in [3.63, 3.8) is 0 Å². The van der Waals surface area contributed by atoms with E-state index >= 15 is 0 Å². The molecule has 0 atom stereocenters. The van der Waals surface area contributed by atoms with Crippen LogP contribution in [0.5, 0.6) is 0 Å². The third-order valence-corrected chi connectivity index (χ3v) is 3.60. The minimum Gasteiger partial charge on any atom is -0.355 e. The Morgan fingerprint density at radius 1 is 1.10 bits per heavy atom. The summed E-state index contributed by atoms with van der Waals surface area (Å²) in [5, 5.41) is 4.43. The molecule has 2 aromatic carbocycles. The SMILES string of the molecule is CNCc1ccccc1-c1cc2cc(CN)ccc2[nH]1. The smallest absolute Gasteiger partial charge is 0.0468 e. The van der Waals surface area contributed by atoms with Gasteiger partial charge in [-0.25, -0.2) is 0 Å². The molecule has 0 amide bonds.